The van der Waals surface area contributed by atoms with E-state index in [1.807, 2.05) is 0 Å². The summed E-state index contributed by atoms with van der Waals surface area (Å²) in [5, 5.41) is 6.42. The van der Waals surface area contributed by atoms with Crippen LogP contribution in [-0.4, -0.2) is 38.0 Å². The molecular weight excluding hydrogens is 462 g/mol. The first-order chi connectivity index (χ1) is 14.8. The van der Waals surface area contributed by atoms with E-state index in [1.165, 1.54) is 6.20 Å². The number of pyridine rings is 1. The van der Waals surface area contributed by atoms with Gasteiger partial charge in [0.05, 0.1) is 11.9 Å². The average molecular weight is 486 g/mol. The highest BCUT2D eigenvalue weighted by Gasteiger charge is 2.59. The molecule has 4 aliphatic rings. The Labute approximate surface area is 188 Å². The van der Waals surface area contributed by atoms with Crippen molar-refractivity contribution in [1.82, 2.24) is 25.6 Å². The highest BCUT2D eigenvalue weighted by Crippen LogP contribution is 2.57. The smallest absolute Gasteiger partial charge is 0.390 e. The van der Waals surface area contributed by atoms with E-state index < -0.39 is 6.09 Å². The Morgan fingerprint density at radius 2 is 1.84 bits per heavy atom. The van der Waals surface area contributed by atoms with Crippen LogP contribution in [0.4, 0.5) is 4.79 Å². The maximum absolute atomic E-state index is 13.0. The zero-order valence-corrected chi connectivity index (χ0v) is 18.8. The topological polar surface area (TPSA) is 106 Å². The number of carbonyl (C=O) groups excluding carboxylic acids is 2. The second-order valence-corrected chi connectivity index (χ2v) is 10.3. The predicted molar refractivity (Wildman–Crippen MR) is 115 cm³/mol. The molecule has 2 amide bonds. The Balaban J connectivity index is 1.32. The number of amides is 2. The lowest BCUT2D eigenvalue weighted by Crippen LogP contribution is -2.70. The summed E-state index contributed by atoms with van der Waals surface area (Å²) in [7, 11) is 0. The van der Waals surface area contributed by atoms with E-state index in [1.54, 1.807) is 31.5 Å². The van der Waals surface area contributed by atoms with Crippen LogP contribution in [0.15, 0.2) is 35.2 Å². The van der Waals surface area contributed by atoms with E-state index in [4.69, 9.17) is 4.74 Å². The predicted octanol–water partition coefficient (Wildman–Crippen LogP) is 3.55. The fourth-order valence-electron chi connectivity index (χ4n) is 6.22. The van der Waals surface area contributed by atoms with Crippen LogP contribution < -0.4 is 15.4 Å². The molecule has 2 atom stereocenters. The number of aromatic nitrogens is 3. The fraction of sp³-hybridized carbons (Fsp3) is 0.500. The van der Waals surface area contributed by atoms with Crippen molar-refractivity contribution in [3.8, 4) is 5.88 Å². The zero-order chi connectivity index (χ0) is 21.6. The van der Waals surface area contributed by atoms with E-state index in [-0.39, 0.29) is 22.9 Å². The van der Waals surface area contributed by atoms with Crippen LogP contribution in [0.25, 0.3) is 0 Å². The Bertz CT molecular complexity index is 1030. The highest BCUT2D eigenvalue weighted by atomic mass is 79.9. The van der Waals surface area contributed by atoms with E-state index in [0.717, 1.165) is 36.6 Å². The Morgan fingerprint density at radius 3 is 2.52 bits per heavy atom. The number of hydrogen-bond acceptors (Lipinski definition) is 6. The molecule has 8 nitrogen and oxygen atoms in total. The molecule has 0 saturated heterocycles. The number of nitrogens with one attached hydrogen (secondary N) is 2. The molecule has 2 N–H and O–H groups in total. The highest BCUT2D eigenvalue weighted by molar-refractivity contribution is 9.10. The Morgan fingerprint density at radius 1 is 1.13 bits per heavy atom. The summed E-state index contributed by atoms with van der Waals surface area (Å²) in [4.78, 5) is 38.1. The monoisotopic (exact) mass is 485 g/mol. The first-order valence-electron chi connectivity index (χ1n) is 10.5. The minimum Gasteiger partial charge on any atom is -0.390 e. The third kappa shape index (κ3) is 4.15. The van der Waals surface area contributed by atoms with Gasteiger partial charge in [-0.25, -0.2) is 9.78 Å². The lowest BCUT2D eigenvalue weighted by molar-refractivity contribution is -0.0450. The van der Waals surface area contributed by atoms with Gasteiger partial charge in [0.25, 0.3) is 5.91 Å². The van der Waals surface area contributed by atoms with Crippen LogP contribution in [-0.2, 0) is 0 Å². The molecule has 9 heteroatoms. The third-order valence-corrected chi connectivity index (χ3v) is 7.19. The number of carbonyl (C=O) groups is 2. The van der Waals surface area contributed by atoms with Gasteiger partial charge in [-0.3, -0.25) is 14.8 Å². The first-order valence-corrected chi connectivity index (χ1v) is 11.3. The molecule has 0 radical (unpaired) electrons. The van der Waals surface area contributed by atoms with E-state index in [2.05, 4.69) is 41.5 Å². The molecule has 4 saturated carbocycles. The van der Waals surface area contributed by atoms with Gasteiger partial charge in [-0.1, -0.05) is 15.9 Å². The van der Waals surface area contributed by atoms with Crippen LogP contribution in [0.1, 0.15) is 54.7 Å². The maximum Gasteiger partial charge on any atom is 0.414 e. The average Bonchev–Trinajstić information content (AvgIpc) is 2.66. The van der Waals surface area contributed by atoms with Crippen LogP contribution in [0.2, 0.25) is 0 Å². The van der Waals surface area contributed by atoms with Gasteiger partial charge in [0.15, 0.2) is 0 Å². The summed E-state index contributed by atoms with van der Waals surface area (Å²) >= 11 is 3.40. The van der Waals surface area contributed by atoms with E-state index >= 15 is 0 Å². The third-order valence-electron chi connectivity index (χ3n) is 6.69. The van der Waals surface area contributed by atoms with Gasteiger partial charge in [-0.05, 0) is 69.4 Å². The number of hydrogen-bond donors (Lipinski definition) is 2. The first kappa shape index (κ1) is 20.4. The van der Waals surface area contributed by atoms with Crippen molar-refractivity contribution < 1.29 is 14.3 Å². The molecule has 162 valence electrons. The van der Waals surface area contributed by atoms with Crippen LogP contribution in [0.5, 0.6) is 5.88 Å². The molecule has 2 unspecified atom stereocenters. The van der Waals surface area contributed by atoms with Crippen molar-refractivity contribution in [3.05, 3.63) is 46.6 Å². The minimum absolute atomic E-state index is 0.170. The molecule has 0 spiro atoms. The molecule has 2 aromatic rings. The Kier molecular flexibility index (Phi) is 4.96. The largest absolute Gasteiger partial charge is 0.414 e. The molecule has 4 aliphatic carbocycles. The van der Waals surface area contributed by atoms with Crippen molar-refractivity contribution in [2.24, 2.45) is 11.8 Å². The van der Waals surface area contributed by atoms with Gasteiger partial charge in [-0.15, -0.1) is 0 Å². The molecule has 4 bridgehead atoms. The van der Waals surface area contributed by atoms with Gasteiger partial charge in [0, 0.05) is 27.9 Å². The SMILES string of the molecule is Cc1cncc(OC(=O)NC23CC4CC(C2)CC(NC(=O)c2cc(Br)ccn2)(C4)C3)n1. The van der Waals surface area contributed by atoms with E-state index in [9.17, 15) is 9.59 Å². The van der Waals surface area contributed by atoms with Gasteiger partial charge >= 0.3 is 6.09 Å². The van der Waals surface area contributed by atoms with Crippen molar-refractivity contribution in [3.63, 3.8) is 0 Å². The van der Waals surface area contributed by atoms with Gasteiger partial charge in [0.1, 0.15) is 5.69 Å². The lowest BCUT2D eigenvalue weighted by Gasteiger charge is -2.61. The summed E-state index contributed by atoms with van der Waals surface area (Å²) in [5.74, 6) is 0.953. The quantitative estimate of drug-likeness (QED) is 0.685. The standard InChI is InChI=1S/C22H24BrN5O3/c1-13-10-24-11-18(26-13)31-20(30)28-22-8-14-4-15(9-22)7-21(6-14,12-22)27-19(29)17-5-16(23)2-3-25-17/h2-3,5,10-11,14-15H,4,6-9,12H2,1H3,(H,27,29)(H,28,30). The second kappa shape index (κ2) is 7.55. The molecule has 0 aliphatic heterocycles. The number of halogens is 1. The van der Waals surface area contributed by atoms with Crippen LogP contribution >= 0.6 is 15.9 Å². The maximum atomic E-state index is 13.0. The molecule has 2 aromatic heterocycles. The fourth-order valence-corrected chi connectivity index (χ4v) is 6.55. The van der Waals surface area contributed by atoms with Crippen LogP contribution in [0, 0.1) is 18.8 Å². The molecular formula is C22H24BrN5O3. The molecule has 4 fully saturated rings. The van der Waals surface area contributed by atoms with Gasteiger partial charge < -0.3 is 15.4 Å². The normalized spacial score (nSPS) is 30.6. The minimum atomic E-state index is -0.517. The van der Waals surface area contributed by atoms with Gasteiger partial charge in [0.2, 0.25) is 5.88 Å². The zero-order valence-electron chi connectivity index (χ0n) is 17.2. The Hall–Kier alpha value is -2.55. The summed E-state index contributed by atoms with van der Waals surface area (Å²) < 4.78 is 6.22. The number of nitrogens with zero attached hydrogens (tertiary/aromatic N) is 3. The van der Waals surface area contributed by atoms with E-state index in [0.29, 0.717) is 29.6 Å². The molecule has 6 rings (SSSR count). The summed E-state index contributed by atoms with van der Waals surface area (Å²) in [6, 6.07) is 3.52. The lowest BCUT2D eigenvalue weighted by atomic mass is 9.50. The molecule has 0 aromatic carbocycles. The van der Waals surface area contributed by atoms with Crippen molar-refractivity contribution in [2.45, 2.75) is 56.5 Å². The number of aryl methyl sites for hydroxylation is 1. The molecule has 31 heavy (non-hydrogen) atoms. The summed E-state index contributed by atoms with van der Waals surface area (Å²) in [5.41, 5.74) is 0.366. The van der Waals surface area contributed by atoms with Crippen molar-refractivity contribution in [2.75, 3.05) is 0 Å². The number of rotatable bonds is 4. The molecule has 2 heterocycles. The summed E-state index contributed by atoms with van der Waals surface area (Å²) in [6.45, 7) is 1.80. The van der Waals surface area contributed by atoms with Gasteiger partial charge in [-0.2, -0.15) is 0 Å². The van der Waals surface area contributed by atoms with Crippen molar-refractivity contribution >= 4 is 27.9 Å². The van der Waals surface area contributed by atoms with Crippen LogP contribution in [0.3, 0.4) is 0 Å². The summed E-state index contributed by atoms with van der Waals surface area (Å²) in [6.07, 6.45) is 9.67. The number of ether oxygens (including phenoxy) is 1. The van der Waals surface area contributed by atoms with Crippen molar-refractivity contribution in [1.29, 1.82) is 0 Å². The second-order valence-electron chi connectivity index (χ2n) is 9.35.